The second-order valence-electron chi connectivity index (χ2n) is 14.3. The zero-order chi connectivity index (χ0) is 36.0. The number of benzene rings is 4. The molecule has 0 aliphatic carbocycles. The van der Waals surface area contributed by atoms with Gasteiger partial charge in [0.05, 0.1) is 6.87 Å². The maximum atomic E-state index is 4.00. The Bertz CT molecular complexity index is 1310. The number of hydrogen-bond acceptors (Lipinski definition) is 4. The van der Waals surface area contributed by atoms with Crippen LogP contribution in [0.4, 0.5) is 11.4 Å². The van der Waals surface area contributed by atoms with Gasteiger partial charge in [0.25, 0.3) is 0 Å². The molecule has 0 atom stereocenters. The zero-order valence-corrected chi connectivity index (χ0v) is 35.0. The van der Waals surface area contributed by atoms with Gasteiger partial charge >= 0.3 is 26.2 Å². The molecule has 7 heteroatoms. The number of anilines is 2. The smallest absolute Gasteiger partial charge is 0.572 e. The molecule has 0 saturated heterocycles. The predicted octanol–water partition coefficient (Wildman–Crippen LogP) is 10.6. The Morgan fingerprint density at radius 1 is 0.510 bits per heavy atom. The summed E-state index contributed by atoms with van der Waals surface area (Å²) in [5.41, 5.74) is 10.2. The SMILES string of the molecule is CC(C)c1cccc(C(C)C)c1NB([B-](Nc1c(C(C)C)cccc1C(C)C)N(C)C)N(C)C.[CH2-]c1ccccc1.[CH2-]c1ccccc1.[Zr+2]. The fourth-order valence-electron chi connectivity index (χ4n) is 5.67. The van der Waals surface area contributed by atoms with Crippen LogP contribution in [0, 0.1) is 13.8 Å². The van der Waals surface area contributed by atoms with Gasteiger partial charge in [-0.2, -0.15) is 49.2 Å². The summed E-state index contributed by atoms with van der Waals surface area (Å²) in [5.74, 6) is 1.79. The van der Waals surface area contributed by atoms with E-state index in [0.717, 1.165) is 11.1 Å². The summed E-state index contributed by atoms with van der Waals surface area (Å²) in [5, 5.41) is 8.00. The minimum Gasteiger partial charge on any atom is -0.572 e. The van der Waals surface area contributed by atoms with Gasteiger partial charge in [0.2, 0.25) is 0 Å². The maximum Gasteiger partial charge on any atom is 2.00 e. The molecular weight excluding hydrogens is 673 g/mol. The van der Waals surface area contributed by atoms with Crippen LogP contribution < -0.4 is 10.5 Å². The minimum absolute atomic E-state index is 0. The van der Waals surface area contributed by atoms with Gasteiger partial charge in [-0.15, -0.1) is 24.3 Å². The molecule has 261 valence electrons. The average molecular weight is 736 g/mol. The van der Waals surface area contributed by atoms with Crippen LogP contribution in [0.25, 0.3) is 0 Å². The fraction of sp³-hybridized carbons (Fsp3) is 0.381. The van der Waals surface area contributed by atoms with Crippen molar-refractivity contribution >= 4 is 25.1 Å². The van der Waals surface area contributed by atoms with Crippen LogP contribution in [0.5, 0.6) is 0 Å². The quantitative estimate of drug-likeness (QED) is 0.119. The number of nitrogens with one attached hydrogen (secondary N) is 2. The molecule has 0 spiro atoms. The summed E-state index contributed by atoms with van der Waals surface area (Å²) in [6.07, 6.45) is 0. The Hall–Kier alpha value is -2.85. The van der Waals surface area contributed by atoms with Crippen LogP contribution in [0.2, 0.25) is 0 Å². The largest absolute Gasteiger partial charge is 2.00 e. The Morgan fingerprint density at radius 3 is 1.08 bits per heavy atom. The van der Waals surface area contributed by atoms with E-state index in [4.69, 9.17) is 0 Å². The second kappa shape index (κ2) is 22.1. The Morgan fingerprint density at radius 2 is 0.837 bits per heavy atom. The molecule has 4 aromatic carbocycles. The van der Waals surface area contributed by atoms with Crippen molar-refractivity contribution in [3.05, 3.63) is 144 Å². The standard InChI is InChI=1S/C28H48B2N4.2C7H7.Zr/c1-19(2)23-15-13-16-24(20(3)4)27(23)31-29(33(9)10)30(34(11)12)32-28-25(21(5)6)17-14-18-26(28)22(7)8;2*1-7-5-3-2-4-6-7;/h13-22,31-32H,1-12H3;2*2-6H,1H2;/q3*-1;+2. The third kappa shape index (κ3) is 14.1. The van der Waals surface area contributed by atoms with Crippen LogP contribution >= 0.6 is 0 Å². The molecule has 0 fully saturated rings. The minimum atomic E-state index is 0. The van der Waals surface area contributed by atoms with Gasteiger partial charge in [-0.1, -0.05) is 118 Å². The average Bonchev–Trinajstić information content (AvgIpc) is 3.03. The third-order valence-corrected chi connectivity index (χ3v) is 8.43. The molecule has 49 heavy (non-hydrogen) atoms. The summed E-state index contributed by atoms with van der Waals surface area (Å²) >= 11 is 0. The number of hydrogen-bond donors (Lipinski definition) is 2. The first kappa shape index (κ1) is 44.2. The molecule has 0 aliphatic rings. The van der Waals surface area contributed by atoms with Crippen LogP contribution in [-0.2, 0) is 26.2 Å². The van der Waals surface area contributed by atoms with E-state index in [0.29, 0.717) is 23.7 Å². The van der Waals surface area contributed by atoms with Gasteiger partial charge in [0.1, 0.15) is 0 Å². The number of nitrogens with zero attached hydrogens (tertiary/aromatic N) is 2. The molecule has 4 rings (SSSR count). The van der Waals surface area contributed by atoms with Gasteiger partial charge < -0.3 is 20.1 Å². The monoisotopic (exact) mass is 734 g/mol. The normalized spacial score (nSPS) is 10.9. The molecule has 0 heterocycles. The van der Waals surface area contributed by atoms with Gasteiger partial charge in [0.15, 0.2) is 6.87 Å². The van der Waals surface area contributed by atoms with Crippen molar-refractivity contribution in [3.8, 4) is 0 Å². The van der Waals surface area contributed by atoms with E-state index in [2.05, 4.69) is 154 Å². The van der Waals surface area contributed by atoms with Gasteiger partial charge in [-0.3, -0.25) is 0 Å². The Labute approximate surface area is 321 Å². The molecule has 1 radical (unpaired) electrons. The molecule has 0 unspecified atom stereocenters. The Kier molecular flexibility index (Phi) is 19.9. The molecule has 0 saturated carbocycles. The maximum absolute atomic E-state index is 4.00. The molecule has 0 amide bonds. The van der Waals surface area contributed by atoms with E-state index < -0.39 is 0 Å². The molecule has 4 nitrogen and oxygen atoms in total. The van der Waals surface area contributed by atoms with Crippen LogP contribution in [0.1, 0.15) is 112 Å². The zero-order valence-electron chi connectivity index (χ0n) is 32.5. The topological polar surface area (TPSA) is 30.5 Å². The van der Waals surface area contributed by atoms with Crippen LogP contribution in [0.15, 0.2) is 97.1 Å². The number of rotatable bonds is 11. The summed E-state index contributed by atoms with van der Waals surface area (Å²) in [7, 11) is 8.67. The summed E-state index contributed by atoms with van der Waals surface area (Å²) in [6.45, 7) is 25.8. The van der Waals surface area contributed by atoms with E-state index in [1.54, 1.807) is 0 Å². The molecule has 0 bridgehead atoms. The van der Waals surface area contributed by atoms with Crippen molar-refractivity contribution in [2.45, 2.75) is 79.1 Å². The van der Waals surface area contributed by atoms with E-state index >= 15 is 0 Å². The summed E-state index contributed by atoms with van der Waals surface area (Å²) < 4.78 is 0. The molecule has 0 aromatic heterocycles. The van der Waals surface area contributed by atoms with Crippen LogP contribution in [-0.4, -0.2) is 51.6 Å². The van der Waals surface area contributed by atoms with E-state index in [1.165, 1.54) is 33.6 Å². The van der Waals surface area contributed by atoms with Crippen molar-refractivity contribution < 1.29 is 26.2 Å². The first-order chi connectivity index (χ1) is 22.6. The number of para-hydroxylation sites is 2. The second-order valence-corrected chi connectivity index (χ2v) is 14.3. The first-order valence-electron chi connectivity index (χ1n) is 17.5. The van der Waals surface area contributed by atoms with Crippen molar-refractivity contribution in [1.82, 2.24) is 9.62 Å². The summed E-state index contributed by atoms with van der Waals surface area (Å²) in [6, 6.07) is 33.2. The van der Waals surface area contributed by atoms with Crippen molar-refractivity contribution in [2.24, 2.45) is 0 Å². The Balaban J connectivity index is 0.000000653. The third-order valence-electron chi connectivity index (χ3n) is 8.43. The van der Waals surface area contributed by atoms with Gasteiger partial charge in [0, 0.05) is 5.69 Å². The van der Waals surface area contributed by atoms with Crippen LogP contribution in [0.3, 0.4) is 0 Å². The van der Waals surface area contributed by atoms with Gasteiger partial charge in [-0.05, 0) is 65.7 Å². The van der Waals surface area contributed by atoms with E-state index in [1.807, 2.05) is 60.7 Å². The molecule has 2 N–H and O–H groups in total. The van der Waals surface area contributed by atoms with E-state index in [-0.39, 0.29) is 40.0 Å². The van der Waals surface area contributed by atoms with Crippen molar-refractivity contribution in [1.29, 1.82) is 0 Å². The first-order valence-corrected chi connectivity index (χ1v) is 17.5. The van der Waals surface area contributed by atoms with Gasteiger partial charge in [-0.25, -0.2) is 0 Å². The molecular formula is C42H62B2N4Zr-. The fourth-order valence-corrected chi connectivity index (χ4v) is 5.67. The summed E-state index contributed by atoms with van der Waals surface area (Å²) in [4.78, 5) is 4.60. The van der Waals surface area contributed by atoms with Crippen molar-refractivity contribution in [2.75, 3.05) is 38.6 Å². The molecule has 4 aromatic rings. The van der Waals surface area contributed by atoms with E-state index in [9.17, 15) is 0 Å². The van der Waals surface area contributed by atoms with Crippen molar-refractivity contribution in [3.63, 3.8) is 0 Å². The molecule has 0 aliphatic heterocycles. The predicted molar refractivity (Wildman–Crippen MR) is 217 cm³/mol.